The molecule has 0 saturated heterocycles. The Hall–Kier alpha value is -2.28. The Morgan fingerprint density at radius 1 is 0.864 bits per heavy atom. The molecule has 0 aliphatic carbocycles. The van der Waals surface area contributed by atoms with Crippen molar-refractivity contribution in [2.75, 3.05) is 0 Å². The molecule has 3 rings (SSSR count). The minimum absolute atomic E-state index is 0.327. The van der Waals surface area contributed by atoms with Gasteiger partial charge in [-0.1, -0.05) is 61.9 Å². The first-order valence-electron chi connectivity index (χ1n) is 8.05. The van der Waals surface area contributed by atoms with E-state index in [4.69, 9.17) is 0 Å². The lowest BCUT2D eigenvalue weighted by Gasteiger charge is -2.13. The van der Waals surface area contributed by atoms with Crippen LogP contribution in [0.5, 0.6) is 5.75 Å². The lowest BCUT2D eigenvalue weighted by Crippen LogP contribution is -1.97. The topological polar surface area (TPSA) is 20.2 Å². The molecule has 0 heterocycles. The van der Waals surface area contributed by atoms with Crippen molar-refractivity contribution in [3.63, 3.8) is 0 Å². The number of phenols is 1. The molecule has 3 aromatic rings. The maximum Gasteiger partial charge on any atom is 0.115 e. The van der Waals surface area contributed by atoms with E-state index in [0.29, 0.717) is 5.75 Å². The Morgan fingerprint density at radius 3 is 2.41 bits per heavy atom. The molecule has 0 aromatic heterocycles. The van der Waals surface area contributed by atoms with Crippen molar-refractivity contribution in [1.82, 2.24) is 0 Å². The first-order chi connectivity index (χ1) is 10.8. The van der Waals surface area contributed by atoms with Gasteiger partial charge in [-0.05, 0) is 58.9 Å². The number of benzene rings is 3. The minimum Gasteiger partial charge on any atom is -0.508 e. The highest BCUT2D eigenvalue weighted by molar-refractivity contribution is 5.87. The van der Waals surface area contributed by atoms with Crippen molar-refractivity contribution in [3.05, 3.63) is 77.4 Å². The maximum absolute atomic E-state index is 9.43. The van der Waals surface area contributed by atoms with Crippen molar-refractivity contribution >= 4 is 10.8 Å². The average molecular weight is 290 g/mol. The summed E-state index contributed by atoms with van der Waals surface area (Å²) >= 11 is 0. The minimum atomic E-state index is 0.327. The highest BCUT2D eigenvalue weighted by atomic mass is 16.3. The van der Waals surface area contributed by atoms with Gasteiger partial charge in [0.1, 0.15) is 5.75 Å². The number of unbranched alkanes of at least 4 members (excludes halogenated alkanes) is 1. The molecule has 112 valence electrons. The number of aromatic hydroxyl groups is 1. The summed E-state index contributed by atoms with van der Waals surface area (Å²) in [5.74, 6) is 0.327. The Bertz CT molecular complexity index is 756. The third-order valence-corrected chi connectivity index (χ3v) is 4.25. The molecule has 0 aliphatic rings. The summed E-state index contributed by atoms with van der Waals surface area (Å²) < 4.78 is 0. The Morgan fingerprint density at radius 2 is 1.64 bits per heavy atom. The highest BCUT2D eigenvalue weighted by Crippen LogP contribution is 2.26. The van der Waals surface area contributed by atoms with Crippen LogP contribution in [0, 0.1) is 0 Å². The van der Waals surface area contributed by atoms with Gasteiger partial charge < -0.3 is 5.11 Å². The predicted octanol–water partition coefficient (Wildman–Crippen LogP) is 5.48. The fourth-order valence-corrected chi connectivity index (χ4v) is 3.03. The van der Waals surface area contributed by atoms with Gasteiger partial charge >= 0.3 is 0 Å². The van der Waals surface area contributed by atoms with Gasteiger partial charge in [-0.3, -0.25) is 0 Å². The van der Waals surface area contributed by atoms with Crippen LogP contribution >= 0.6 is 0 Å². The highest BCUT2D eigenvalue weighted by Gasteiger charge is 2.08. The van der Waals surface area contributed by atoms with Gasteiger partial charge in [-0.15, -0.1) is 0 Å². The SMILES string of the molecule is CCCCc1c(Cc2ccc(O)cc2)ccc2ccccc12. The van der Waals surface area contributed by atoms with Crippen LogP contribution < -0.4 is 0 Å². The summed E-state index contributed by atoms with van der Waals surface area (Å²) in [6.45, 7) is 2.24. The summed E-state index contributed by atoms with van der Waals surface area (Å²) in [5.41, 5.74) is 4.12. The zero-order chi connectivity index (χ0) is 15.4. The monoisotopic (exact) mass is 290 g/mol. The van der Waals surface area contributed by atoms with Crippen LogP contribution in [0.15, 0.2) is 60.7 Å². The van der Waals surface area contributed by atoms with Crippen molar-refractivity contribution in [2.45, 2.75) is 32.6 Å². The number of phenolic OH excluding ortho intramolecular Hbond substituents is 1. The fourth-order valence-electron chi connectivity index (χ4n) is 3.03. The van der Waals surface area contributed by atoms with E-state index in [1.165, 1.54) is 40.3 Å². The maximum atomic E-state index is 9.43. The fraction of sp³-hybridized carbons (Fsp3) is 0.238. The van der Waals surface area contributed by atoms with Crippen molar-refractivity contribution in [3.8, 4) is 5.75 Å². The van der Waals surface area contributed by atoms with Crippen LogP contribution in [0.25, 0.3) is 10.8 Å². The van der Waals surface area contributed by atoms with Gasteiger partial charge in [0.05, 0.1) is 0 Å². The lowest BCUT2D eigenvalue weighted by atomic mass is 9.91. The number of hydrogen-bond donors (Lipinski definition) is 1. The summed E-state index contributed by atoms with van der Waals surface area (Å²) in [6.07, 6.45) is 4.48. The van der Waals surface area contributed by atoms with Gasteiger partial charge in [0, 0.05) is 0 Å². The molecule has 0 spiro atoms. The number of rotatable bonds is 5. The summed E-state index contributed by atoms with van der Waals surface area (Å²) in [5, 5.41) is 12.1. The molecular weight excluding hydrogens is 268 g/mol. The third-order valence-electron chi connectivity index (χ3n) is 4.25. The quantitative estimate of drug-likeness (QED) is 0.659. The zero-order valence-electron chi connectivity index (χ0n) is 13.0. The molecule has 22 heavy (non-hydrogen) atoms. The van der Waals surface area contributed by atoms with Crippen LogP contribution in [0.3, 0.4) is 0 Å². The standard InChI is InChI=1S/C21H22O/c1-2-3-7-21-18(15-16-9-13-19(22)14-10-16)12-11-17-6-4-5-8-20(17)21/h4-6,8-14,22H,2-3,7,15H2,1H3. The molecule has 1 heteroatoms. The van der Waals surface area contributed by atoms with E-state index in [1.807, 2.05) is 12.1 Å². The molecule has 3 aromatic carbocycles. The summed E-state index contributed by atoms with van der Waals surface area (Å²) in [4.78, 5) is 0. The van der Waals surface area contributed by atoms with Gasteiger partial charge in [-0.2, -0.15) is 0 Å². The first-order valence-corrected chi connectivity index (χ1v) is 8.05. The van der Waals surface area contributed by atoms with Crippen LogP contribution in [0.1, 0.15) is 36.5 Å². The van der Waals surface area contributed by atoms with Crippen LogP contribution in [-0.2, 0) is 12.8 Å². The summed E-state index contributed by atoms with van der Waals surface area (Å²) in [6, 6.07) is 20.7. The number of aryl methyl sites for hydroxylation is 1. The Balaban J connectivity index is 2.01. The van der Waals surface area contributed by atoms with Crippen LogP contribution in [-0.4, -0.2) is 5.11 Å². The molecular formula is C21H22O. The Labute approximate surface area is 132 Å². The summed E-state index contributed by atoms with van der Waals surface area (Å²) in [7, 11) is 0. The second kappa shape index (κ2) is 6.65. The number of hydrogen-bond acceptors (Lipinski definition) is 1. The molecule has 1 nitrogen and oxygen atoms in total. The normalized spacial score (nSPS) is 11.0. The van der Waals surface area contributed by atoms with Crippen molar-refractivity contribution in [1.29, 1.82) is 0 Å². The molecule has 0 unspecified atom stereocenters. The van der Waals surface area contributed by atoms with E-state index in [1.54, 1.807) is 12.1 Å². The van der Waals surface area contributed by atoms with E-state index in [2.05, 4.69) is 43.3 Å². The molecule has 0 aliphatic heterocycles. The zero-order valence-corrected chi connectivity index (χ0v) is 13.0. The van der Waals surface area contributed by atoms with Crippen molar-refractivity contribution in [2.24, 2.45) is 0 Å². The third kappa shape index (κ3) is 3.14. The molecule has 0 radical (unpaired) electrons. The molecule has 1 N–H and O–H groups in total. The predicted molar refractivity (Wildman–Crippen MR) is 93.5 cm³/mol. The second-order valence-corrected chi connectivity index (χ2v) is 5.87. The van der Waals surface area contributed by atoms with Gasteiger partial charge in [0.2, 0.25) is 0 Å². The first kappa shape index (κ1) is 14.6. The number of fused-ring (bicyclic) bond motifs is 1. The van der Waals surface area contributed by atoms with E-state index in [-0.39, 0.29) is 0 Å². The Kier molecular flexibility index (Phi) is 4.43. The van der Waals surface area contributed by atoms with E-state index < -0.39 is 0 Å². The van der Waals surface area contributed by atoms with Crippen LogP contribution in [0.4, 0.5) is 0 Å². The molecule has 0 amide bonds. The molecule has 0 fully saturated rings. The second-order valence-electron chi connectivity index (χ2n) is 5.87. The molecule has 0 saturated carbocycles. The molecule has 0 atom stereocenters. The largest absolute Gasteiger partial charge is 0.508 e. The van der Waals surface area contributed by atoms with E-state index >= 15 is 0 Å². The smallest absolute Gasteiger partial charge is 0.115 e. The van der Waals surface area contributed by atoms with E-state index in [9.17, 15) is 5.11 Å². The van der Waals surface area contributed by atoms with Gasteiger partial charge in [0.15, 0.2) is 0 Å². The van der Waals surface area contributed by atoms with E-state index in [0.717, 1.165) is 12.8 Å². The van der Waals surface area contributed by atoms with Crippen molar-refractivity contribution < 1.29 is 5.11 Å². The van der Waals surface area contributed by atoms with Gasteiger partial charge in [0.25, 0.3) is 0 Å². The lowest BCUT2D eigenvalue weighted by molar-refractivity contribution is 0.475. The average Bonchev–Trinajstić information content (AvgIpc) is 2.56. The van der Waals surface area contributed by atoms with Gasteiger partial charge in [-0.25, -0.2) is 0 Å². The van der Waals surface area contributed by atoms with Crippen LogP contribution in [0.2, 0.25) is 0 Å². The molecule has 0 bridgehead atoms.